The van der Waals surface area contributed by atoms with Gasteiger partial charge in [-0.1, -0.05) is 141 Å². The Morgan fingerprint density at radius 1 is 0.419 bits per heavy atom. The molecular weight excluding hydrogens is 751 g/mol. The number of nitrogens with zero attached hydrogens (tertiary/aromatic N) is 3. The van der Waals surface area contributed by atoms with Gasteiger partial charge in [0.25, 0.3) is 0 Å². The van der Waals surface area contributed by atoms with E-state index in [2.05, 4.69) is 206 Å². The predicted octanol–water partition coefficient (Wildman–Crippen LogP) is 15.3. The van der Waals surface area contributed by atoms with Crippen LogP contribution in [-0.2, 0) is 5.41 Å². The highest BCUT2D eigenvalue weighted by atomic mass is 15.0. The summed E-state index contributed by atoms with van der Waals surface area (Å²) in [6.07, 6.45) is 0. The number of fused-ring (bicyclic) bond motifs is 8. The van der Waals surface area contributed by atoms with Gasteiger partial charge in [0.2, 0.25) is 0 Å². The zero-order valence-electron chi connectivity index (χ0n) is 34.4. The van der Waals surface area contributed by atoms with E-state index in [0.29, 0.717) is 5.56 Å². The smallest absolute Gasteiger partial charge is 0.0991 e. The first kappa shape index (κ1) is 35.8. The molecule has 0 unspecified atom stereocenters. The molecule has 3 heteroatoms. The lowest BCUT2D eigenvalue weighted by molar-refractivity contribution is 0.661. The van der Waals surface area contributed by atoms with Crippen LogP contribution in [0.2, 0.25) is 0 Å². The molecule has 0 aliphatic heterocycles. The molecule has 2 aromatic heterocycles. The summed E-state index contributed by atoms with van der Waals surface area (Å²) in [6.45, 7) is 4.69. The first-order valence-electron chi connectivity index (χ1n) is 21.2. The van der Waals surface area contributed by atoms with E-state index < -0.39 is 0 Å². The minimum absolute atomic E-state index is 0.154. The topological polar surface area (TPSA) is 41.6 Å². The molecule has 2 heterocycles. The van der Waals surface area contributed by atoms with Crippen molar-refractivity contribution in [2.24, 2.45) is 0 Å². The highest BCUT2D eigenvalue weighted by molar-refractivity contribution is 6.12. The van der Waals surface area contributed by atoms with Crippen molar-refractivity contribution in [3.05, 3.63) is 217 Å². The Kier molecular flexibility index (Phi) is 7.95. The summed E-state index contributed by atoms with van der Waals surface area (Å²) < 4.78 is 2.43. The first-order chi connectivity index (χ1) is 30.4. The summed E-state index contributed by atoms with van der Waals surface area (Å²) in [5, 5.41) is 17.2. The number of rotatable bonds is 5. The molecule has 0 spiro atoms. The summed E-state index contributed by atoms with van der Waals surface area (Å²) >= 11 is 0. The van der Waals surface area contributed by atoms with Crippen LogP contribution in [0.25, 0.3) is 105 Å². The fraction of sp³-hybridized carbons (Fsp3) is 0.0508. The summed E-state index contributed by atoms with van der Waals surface area (Å²) in [7, 11) is 0. The molecule has 0 atom stereocenters. The van der Waals surface area contributed by atoms with Crippen LogP contribution in [-0.4, -0.2) is 9.55 Å². The molecule has 290 valence electrons. The van der Waals surface area contributed by atoms with Gasteiger partial charge in [-0.3, -0.25) is 0 Å². The third kappa shape index (κ3) is 5.69. The SMILES string of the molecule is CC1(C)c2ccccc2-c2cc3c4ccccc4n(-c4cc(-c5cccc(C#N)c5)cc(-c5cc(-c6ccc7ccccc7c6)cc(-c6ccc7ccccc7c6)n5)c4)c3cc21. The Hall–Kier alpha value is -8.06. The predicted molar refractivity (Wildman–Crippen MR) is 258 cm³/mol. The third-order valence-electron chi connectivity index (χ3n) is 13.1. The molecule has 0 N–H and O–H groups in total. The van der Waals surface area contributed by atoms with Gasteiger partial charge in [-0.25, -0.2) is 4.98 Å². The molecule has 0 saturated carbocycles. The van der Waals surface area contributed by atoms with Crippen LogP contribution in [0.4, 0.5) is 0 Å². The molecule has 1 aliphatic carbocycles. The van der Waals surface area contributed by atoms with Crippen LogP contribution in [0.5, 0.6) is 0 Å². The quantitative estimate of drug-likeness (QED) is 0.174. The van der Waals surface area contributed by atoms with Gasteiger partial charge in [-0.15, -0.1) is 0 Å². The number of benzene rings is 9. The Bertz CT molecular complexity index is 3590. The Morgan fingerprint density at radius 2 is 1.05 bits per heavy atom. The van der Waals surface area contributed by atoms with E-state index in [9.17, 15) is 5.26 Å². The molecule has 62 heavy (non-hydrogen) atoms. The molecular formula is C59H39N3. The molecule has 0 radical (unpaired) electrons. The Labute approximate surface area is 360 Å². The Morgan fingerprint density at radius 3 is 1.84 bits per heavy atom. The Balaban J connectivity index is 1.13. The molecule has 0 bridgehead atoms. The lowest BCUT2D eigenvalue weighted by atomic mass is 9.82. The van der Waals surface area contributed by atoms with Gasteiger partial charge in [-0.2, -0.15) is 5.26 Å². The largest absolute Gasteiger partial charge is 0.309 e. The van der Waals surface area contributed by atoms with Crippen LogP contribution < -0.4 is 0 Å². The van der Waals surface area contributed by atoms with Crippen LogP contribution in [0, 0.1) is 11.3 Å². The van der Waals surface area contributed by atoms with E-state index in [1.54, 1.807) is 0 Å². The number of nitriles is 1. The van der Waals surface area contributed by atoms with Crippen LogP contribution >= 0.6 is 0 Å². The van der Waals surface area contributed by atoms with E-state index in [0.717, 1.165) is 61.5 Å². The van der Waals surface area contributed by atoms with Crippen LogP contribution in [0.15, 0.2) is 200 Å². The second-order valence-electron chi connectivity index (χ2n) is 17.1. The van der Waals surface area contributed by atoms with Gasteiger partial charge in [-0.05, 0) is 139 Å². The van der Waals surface area contributed by atoms with Crippen molar-refractivity contribution in [3.8, 4) is 67.7 Å². The highest BCUT2D eigenvalue weighted by Gasteiger charge is 2.36. The zero-order valence-corrected chi connectivity index (χ0v) is 34.4. The van der Waals surface area contributed by atoms with Gasteiger partial charge in [0, 0.05) is 33.0 Å². The van der Waals surface area contributed by atoms with E-state index >= 15 is 0 Å². The summed E-state index contributed by atoms with van der Waals surface area (Å²) in [5.74, 6) is 0. The second-order valence-corrected chi connectivity index (χ2v) is 17.1. The second kappa shape index (κ2) is 13.7. The number of hydrogen-bond donors (Lipinski definition) is 0. The van der Waals surface area contributed by atoms with Crippen molar-refractivity contribution in [1.82, 2.24) is 9.55 Å². The zero-order chi connectivity index (χ0) is 41.5. The summed E-state index contributed by atoms with van der Waals surface area (Å²) in [5.41, 5.74) is 17.2. The summed E-state index contributed by atoms with van der Waals surface area (Å²) in [4.78, 5) is 5.51. The number of para-hydroxylation sites is 1. The van der Waals surface area contributed by atoms with E-state index in [1.165, 1.54) is 54.6 Å². The summed E-state index contributed by atoms with van der Waals surface area (Å²) in [6, 6.07) is 74.4. The van der Waals surface area contributed by atoms with Crippen molar-refractivity contribution in [2.75, 3.05) is 0 Å². The molecule has 12 rings (SSSR count). The van der Waals surface area contributed by atoms with Crippen molar-refractivity contribution in [1.29, 1.82) is 5.26 Å². The fourth-order valence-corrected chi connectivity index (χ4v) is 9.97. The average Bonchev–Trinajstić information content (AvgIpc) is 3.77. The lowest BCUT2D eigenvalue weighted by Gasteiger charge is -2.22. The highest BCUT2D eigenvalue weighted by Crippen LogP contribution is 2.51. The van der Waals surface area contributed by atoms with E-state index in [4.69, 9.17) is 4.98 Å². The molecule has 1 aliphatic rings. The molecule has 11 aromatic rings. The van der Waals surface area contributed by atoms with Gasteiger partial charge < -0.3 is 4.57 Å². The minimum atomic E-state index is -0.154. The molecule has 9 aromatic carbocycles. The standard InChI is InChI=1S/C59H39N3/c1-59(2)53-20-9-7-18-49(53)51-34-52-50-19-8-10-21-57(50)62(58(52)35-54(51)59)48-30-45(40-17-11-12-37(26-40)36-60)29-47(31-48)56-33-46(43-24-22-38-13-3-5-15-41(38)27-43)32-55(61-56)44-25-23-39-14-4-6-16-42(39)28-44/h3-35H,1-2H3. The van der Waals surface area contributed by atoms with Gasteiger partial charge in [0.15, 0.2) is 0 Å². The van der Waals surface area contributed by atoms with Crippen molar-refractivity contribution in [2.45, 2.75) is 19.3 Å². The normalized spacial score (nSPS) is 12.8. The van der Waals surface area contributed by atoms with Crippen LogP contribution in [0.1, 0.15) is 30.5 Å². The molecule has 3 nitrogen and oxygen atoms in total. The maximum absolute atomic E-state index is 10.0. The monoisotopic (exact) mass is 789 g/mol. The maximum Gasteiger partial charge on any atom is 0.0991 e. The number of aromatic nitrogens is 2. The van der Waals surface area contributed by atoms with E-state index in [-0.39, 0.29) is 5.41 Å². The number of pyridine rings is 1. The van der Waals surface area contributed by atoms with Crippen molar-refractivity contribution < 1.29 is 0 Å². The minimum Gasteiger partial charge on any atom is -0.309 e. The third-order valence-corrected chi connectivity index (χ3v) is 13.1. The van der Waals surface area contributed by atoms with Gasteiger partial charge >= 0.3 is 0 Å². The van der Waals surface area contributed by atoms with Crippen molar-refractivity contribution in [3.63, 3.8) is 0 Å². The lowest BCUT2D eigenvalue weighted by Crippen LogP contribution is -2.15. The average molecular weight is 790 g/mol. The van der Waals surface area contributed by atoms with Crippen molar-refractivity contribution >= 4 is 43.4 Å². The molecule has 0 amide bonds. The van der Waals surface area contributed by atoms with E-state index in [1.807, 2.05) is 18.2 Å². The van der Waals surface area contributed by atoms with Crippen LogP contribution in [0.3, 0.4) is 0 Å². The van der Waals surface area contributed by atoms with Gasteiger partial charge in [0.05, 0.1) is 34.1 Å². The fourth-order valence-electron chi connectivity index (χ4n) is 9.97. The molecule has 0 fully saturated rings. The number of hydrogen-bond acceptors (Lipinski definition) is 2. The first-order valence-corrected chi connectivity index (χ1v) is 21.2. The van der Waals surface area contributed by atoms with Gasteiger partial charge in [0.1, 0.15) is 0 Å². The maximum atomic E-state index is 10.0. The molecule has 0 saturated heterocycles.